The van der Waals surface area contributed by atoms with Gasteiger partial charge in [-0.3, -0.25) is 14.6 Å². The summed E-state index contributed by atoms with van der Waals surface area (Å²) < 4.78 is 37.9. The number of pyridine rings is 1. The molecule has 3 aromatic rings. The molecule has 1 aromatic heterocycles. The molecule has 4 nitrogen and oxygen atoms in total. The molecule has 3 rings (SSSR count). The lowest BCUT2D eigenvalue weighted by molar-refractivity contribution is -0.137. The molecule has 0 aliphatic rings. The Morgan fingerprint density at radius 1 is 0.897 bits per heavy atom. The summed E-state index contributed by atoms with van der Waals surface area (Å²) >= 11 is 0. The van der Waals surface area contributed by atoms with Crippen LogP contribution in [0.5, 0.6) is 0 Å². The number of ketones is 1. The predicted octanol–water partition coefficient (Wildman–Crippen LogP) is 4.46. The quantitative estimate of drug-likeness (QED) is 0.624. The Bertz CT molecular complexity index is 1000. The van der Waals surface area contributed by atoms with Crippen LogP contribution in [0.2, 0.25) is 0 Å². The Balaban J connectivity index is 1.64. The van der Waals surface area contributed by atoms with Gasteiger partial charge in [0.05, 0.1) is 12.0 Å². The van der Waals surface area contributed by atoms with Gasteiger partial charge in [-0.2, -0.15) is 13.2 Å². The molecule has 148 valence electrons. The summed E-state index contributed by atoms with van der Waals surface area (Å²) in [7, 11) is 0. The minimum atomic E-state index is -4.45. The molecule has 0 saturated heterocycles. The SMILES string of the molecule is O=C(Cc1cc(C(=O)NCc2ccccc2)ccn1)c1ccc(C(F)(F)F)cc1. The van der Waals surface area contributed by atoms with E-state index >= 15 is 0 Å². The number of aromatic nitrogens is 1. The highest BCUT2D eigenvalue weighted by atomic mass is 19.4. The molecule has 2 aromatic carbocycles. The van der Waals surface area contributed by atoms with Gasteiger partial charge in [-0.05, 0) is 29.8 Å². The Kier molecular flexibility index (Phi) is 6.07. The minimum Gasteiger partial charge on any atom is -0.348 e. The zero-order valence-electron chi connectivity index (χ0n) is 15.2. The van der Waals surface area contributed by atoms with Gasteiger partial charge >= 0.3 is 6.18 Å². The van der Waals surface area contributed by atoms with Crippen molar-refractivity contribution in [1.82, 2.24) is 10.3 Å². The zero-order chi connectivity index (χ0) is 20.9. The summed E-state index contributed by atoms with van der Waals surface area (Å²) in [6.07, 6.45) is -3.15. The first kappa shape index (κ1) is 20.3. The van der Waals surface area contributed by atoms with Gasteiger partial charge in [-0.1, -0.05) is 42.5 Å². The number of nitrogens with one attached hydrogen (secondary N) is 1. The molecular weight excluding hydrogens is 381 g/mol. The fraction of sp³-hybridized carbons (Fsp3) is 0.136. The van der Waals surface area contributed by atoms with Gasteiger partial charge in [0.15, 0.2) is 5.78 Å². The topological polar surface area (TPSA) is 59.1 Å². The number of carbonyl (C=O) groups is 2. The van der Waals surface area contributed by atoms with E-state index in [1.807, 2.05) is 30.3 Å². The van der Waals surface area contributed by atoms with Crippen LogP contribution in [0.25, 0.3) is 0 Å². The van der Waals surface area contributed by atoms with Gasteiger partial charge in [-0.15, -0.1) is 0 Å². The molecular formula is C22H17F3N2O2. The third kappa shape index (κ3) is 5.51. The van der Waals surface area contributed by atoms with E-state index in [0.717, 1.165) is 29.8 Å². The van der Waals surface area contributed by atoms with Crippen molar-refractivity contribution in [1.29, 1.82) is 0 Å². The summed E-state index contributed by atoms with van der Waals surface area (Å²) in [6.45, 7) is 0.363. The van der Waals surface area contributed by atoms with Crippen LogP contribution in [0.15, 0.2) is 72.9 Å². The van der Waals surface area contributed by atoms with Crippen LogP contribution >= 0.6 is 0 Å². The van der Waals surface area contributed by atoms with Crippen LogP contribution in [-0.2, 0) is 19.1 Å². The number of nitrogens with zero attached hydrogens (tertiary/aromatic N) is 1. The molecule has 1 heterocycles. The molecule has 0 atom stereocenters. The molecule has 0 saturated carbocycles. The molecule has 7 heteroatoms. The van der Waals surface area contributed by atoms with Crippen LogP contribution in [0, 0.1) is 0 Å². The molecule has 0 aliphatic heterocycles. The molecule has 1 N–H and O–H groups in total. The first-order valence-corrected chi connectivity index (χ1v) is 8.80. The number of carbonyl (C=O) groups excluding carboxylic acids is 2. The summed E-state index contributed by atoms with van der Waals surface area (Å²) in [5, 5.41) is 2.79. The molecule has 1 amide bonds. The number of benzene rings is 2. The maximum atomic E-state index is 12.6. The van der Waals surface area contributed by atoms with Gasteiger partial charge in [0.25, 0.3) is 5.91 Å². The average Bonchev–Trinajstić information content (AvgIpc) is 2.72. The molecule has 29 heavy (non-hydrogen) atoms. The maximum absolute atomic E-state index is 12.6. The maximum Gasteiger partial charge on any atom is 0.416 e. The fourth-order valence-electron chi connectivity index (χ4n) is 2.71. The van der Waals surface area contributed by atoms with E-state index in [1.54, 1.807) is 0 Å². The van der Waals surface area contributed by atoms with Crippen molar-refractivity contribution in [3.63, 3.8) is 0 Å². The van der Waals surface area contributed by atoms with E-state index in [9.17, 15) is 22.8 Å². The highest BCUT2D eigenvalue weighted by Gasteiger charge is 2.30. The Labute approximate surface area is 165 Å². The van der Waals surface area contributed by atoms with E-state index < -0.39 is 11.7 Å². The molecule has 0 bridgehead atoms. The Morgan fingerprint density at radius 3 is 2.24 bits per heavy atom. The summed E-state index contributed by atoms with van der Waals surface area (Å²) in [5.74, 6) is -0.687. The van der Waals surface area contributed by atoms with Crippen molar-refractivity contribution in [2.45, 2.75) is 19.1 Å². The lowest BCUT2D eigenvalue weighted by Crippen LogP contribution is -2.23. The molecule has 0 fully saturated rings. The third-order valence-electron chi connectivity index (χ3n) is 4.25. The smallest absolute Gasteiger partial charge is 0.348 e. The minimum absolute atomic E-state index is 0.120. The van der Waals surface area contributed by atoms with E-state index in [0.29, 0.717) is 17.8 Å². The summed E-state index contributed by atoms with van der Waals surface area (Å²) in [5.41, 5.74) is 1.00. The van der Waals surface area contributed by atoms with Crippen molar-refractivity contribution in [3.8, 4) is 0 Å². The standard InChI is InChI=1S/C22H17F3N2O2/c23-22(24,25)18-8-6-16(7-9-18)20(28)13-19-12-17(10-11-26-19)21(29)27-14-15-4-2-1-3-5-15/h1-12H,13-14H2,(H,27,29). The zero-order valence-corrected chi connectivity index (χ0v) is 15.2. The highest BCUT2D eigenvalue weighted by Crippen LogP contribution is 2.29. The van der Waals surface area contributed by atoms with Crippen LogP contribution in [0.1, 0.15) is 37.5 Å². The van der Waals surface area contributed by atoms with Crippen molar-refractivity contribution >= 4 is 11.7 Å². The van der Waals surface area contributed by atoms with Crippen molar-refractivity contribution in [2.75, 3.05) is 0 Å². The highest BCUT2D eigenvalue weighted by molar-refractivity contribution is 5.98. The second kappa shape index (κ2) is 8.68. The largest absolute Gasteiger partial charge is 0.416 e. The Hall–Kier alpha value is -3.48. The number of hydrogen-bond acceptors (Lipinski definition) is 3. The van der Waals surface area contributed by atoms with E-state index in [2.05, 4.69) is 10.3 Å². The summed E-state index contributed by atoms with van der Waals surface area (Å²) in [6, 6.07) is 16.5. The second-order valence-corrected chi connectivity index (χ2v) is 6.38. The number of amides is 1. The van der Waals surface area contributed by atoms with Crippen LogP contribution in [0.3, 0.4) is 0 Å². The van der Waals surface area contributed by atoms with Crippen molar-refractivity contribution in [2.24, 2.45) is 0 Å². The number of hydrogen-bond donors (Lipinski definition) is 1. The number of halogens is 3. The molecule has 0 aliphatic carbocycles. The number of Topliss-reactive ketones (excluding diaryl/α,β-unsaturated/α-hetero) is 1. The van der Waals surface area contributed by atoms with Crippen molar-refractivity contribution in [3.05, 3.63) is 101 Å². The monoisotopic (exact) mass is 398 g/mol. The van der Waals surface area contributed by atoms with Crippen LogP contribution in [0.4, 0.5) is 13.2 Å². The molecule has 0 unspecified atom stereocenters. The number of alkyl halides is 3. The van der Waals surface area contributed by atoms with Gasteiger partial charge in [0, 0.05) is 29.6 Å². The number of rotatable bonds is 6. The second-order valence-electron chi connectivity index (χ2n) is 6.38. The van der Waals surface area contributed by atoms with Gasteiger partial charge in [0.2, 0.25) is 0 Å². The first-order chi connectivity index (χ1) is 13.8. The fourth-order valence-corrected chi connectivity index (χ4v) is 2.71. The third-order valence-corrected chi connectivity index (χ3v) is 4.25. The first-order valence-electron chi connectivity index (χ1n) is 8.80. The lowest BCUT2D eigenvalue weighted by atomic mass is 10.0. The average molecular weight is 398 g/mol. The van der Waals surface area contributed by atoms with E-state index in [-0.39, 0.29) is 23.7 Å². The molecule has 0 radical (unpaired) electrons. The van der Waals surface area contributed by atoms with Gasteiger partial charge in [0.1, 0.15) is 0 Å². The van der Waals surface area contributed by atoms with Crippen LogP contribution in [-0.4, -0.2) is 16.7 Å². The molecule has 0 spiro atoms. The summed E-state index contributed by atoms with van der Waals surface area (Å²) in [4.78, 5) is 28.8. The van der Waals surface area contributed by atoms with E-state index in [4.69, 9.17) is 0 Å². The van der Waals surface area contributed by atoms with Gasteiger partial charge in [-0.25, -0.2) is 0 Å². The van der Waals surface area contributed by atoms with E-state index in [1.165, 1.54) is 18.3 Å². The van der Waals surface area contributed by atoms with Gasteiger partial charge < -0.3 is 5.32 Å². The predicted molar refractivity (Wildman–Crippen MR) is 101 cm³/mol. The lowest BCUT2D eigenvalue weighted by Gasteiger charge is -2.08. The Morgan fingerprint density at radius 2 is 1.59 bits per heavy atom. The normalized spacial score (nSPS) is 11.1. The van der Waals surface area contributed by atoms with Crippen LogP contribution < -0.4 is 5.32 Å². The van der Waals surface area contributed by atoms with Crippen molar-refractivity contribution < 1.29 is 22.8 Å².